The molecule has 70 valence electrons. The molecule has 13 heavy (non-hydrogen) atoms. The standard InChI is InChI=1S/C13H18/c1-4-12(5-2)10-13-8-6-11(3)7-9-13/h4,6-9,12H,1,5,10H2,2-3H3. The quantitative estimate of drug-likeness (QED) is 0.610. The molecule has 1 unspecified atom stereocenters. The normalized spacial score (nSPS) is 12.5. The SMILES string of the molecule is C=CC(CC)Cc1ccc(C)cc1. The van der Waals surface area contributed by atoms with Crippen molar-refractivity contribution >= 4 is 0 Å². The number of hydrogen-bond acceptors (Lipinski definition) is 0. The van der Waals surface area contributed by atoms with E-state index < -0.39 is 0 Å². The summed E-state index contributed by atoms with van der Waals surface area (Å²) in [6.07, 6.45) is 4.36. The van der Waals surface area contributed by atoms with Gasteiger partial charge in [-0.2, -0.15) is 0 Å². The van der Waals surface area contributed by atoms with Crippen LogP contribution in [0.5, 0.6) is 0 Å². The van der Waals surface area contributed by atoms with Gasteiger partial charge in [0.2, 0.25) is 0 Å². The third kappa shape index (κ3) is 3.06. The lowest BCUT2D eigenvalue weighted by atomic mass is 9.97. The maximum absolute atomic E-state index is 3.85. The Balaban J connectivity index is 2.63. The molecule has 0 fully saturated rings. The van der Waals surface area contributed by atoms with Crippen molar-refractivity contribution in [1.82, 2.24) is 0 Å². The molecule has 0 spiro atoms. The van der Waals surface area contributed by atoms with E-state index in [9.17, 15) is 0 Å². The van der Waals surface area contributed by atoms with Crippen LogP contribution in [0.2, 0.25) is 0 Å². The van der Waals surface area contributed by atoms with Gasteiger partial charge in [0, 0.05) is 0 Å². The Labute approximate surface area is 81.3 Å². The lowest BCUT2D eigenvalue weighted by molar-refractivity contribution is 0.626. The summed E-state index contributed by atoms with van der Waals surface area (Å²) in [4.78, 5) is 0. The Morgan fingerprint density at radius 3 is 2.38 bits per heavy atom. The van der Waals surface area contributed by atoms with Crippen molar-refractivity contribution in [3.8, 4) is 0 Å². The molecule has 0 aliphatic heterocycles. The predicted molar refractivity (Wildman–Crippen MR) is 58.9 cm³/mol. The third-order valence-corrected chi connectivity index (χ3v) is 2.48. The number of benzene rings is 1. The lowest BCUT2D eigenvalue weighted by Crippen LogP contribution is -1.98. The molecule has 0 bridgehead atoms. The first-order valence-electron chi connectivity index (χ1n) is 4.94. The van der Waals surface area contributed by atoms with Crippen molar-refractivity contribution in [2.75, 3.05) is 0 Å². The van der Waals surface area contributed by atoms with Crippen LogP contribution in [0, 0.1) is 12.8 Å². The van der Waals surface area contributed by atoms with E-state index in [2.05, 4.69) is 50.8 Å². The van der Waals surface area contributed by atoms with Crippen LogP contribution in [0.4, 0.5) is 0 Å². The van der Waals surface area contributed by atoms with Crippen LogP contribution in [0.25, 0.3) is 0 Å². The summed E-state index contributed by atoms with van der Waals surface area (Å²) in [6, 6.07) is 8.76. The minimum atomic E-state index is 0.628. The van der Waals surface area contributed by atoms with Crippen LogP contribution in [0.3, 0.4) is 0 Å². The molecule has 0 aliphatic carbocycles. The van der Waals surface area contributed by atoms with Gasteiger partial charge < -0.3 is 0 Å². The van der Waals surface area contributed by atoms with Crippen molar-refractivity contribution in [3.63, 3.8) is 0 Å². The summed E-state index contributed by atoms with van der Waals surface area (Å²) < 4.78 is 0. The molecule has 0 heteroatoms. The second kappa shape index (κ2) is 4.86. The number of allylic oxidation sites excluding steroid dienone is 1. The summed E-state index contributed by atoms with van der Waals surface area (Å²) in [7, 11) is 0. The second-order valence-electron chi connectivity index (χ2n) is 3.59. The fourth-order valence-corrected chi connectivity index (χ4v) is 1.42. The molecule has 1 atom stereocenters. The zero-order chi connectivity index (χ0) is 9.68. The summed E-state index contributed by atoms with van der Waals surface area (Å²) >= 11 is 0. The summed E-state index contributed by atoms with van der Waals surface area (Å²) in [5.41, 5.74) is 2.74. The highest BCUT2D eigenvalue weighted by atomic mass is 14.1. The lowest BCUT2D eigenvalue weighted by Gasteiger charge is -2.09. The van der Waals surface area contributed by atoms with Gasteiger partial charge in [-0.05, 0) is 31.2 Å². The Morgan fingerprint density at radius 2 is 1.92 bits per heavy atom. The summed E-state index contributed by atoms with van der Waals surface area (Å²) in [5, 5.41) is 0. The summed E-state index contributed by atoms with van der Waals surface area (Å²) in [6.45, 7) is 8.17. The Kier molecular flexibility index (Phi) is 3.75. The molecule has 0 radical (unpaired) electrons. The first kappa shape index (κ1) is 10.0. The van der Waals surface area contributed by atoms with Crippen LogP contribution in [-0.4, -0.2) is 0 Å². The molecule has 0 saturated heterocycles. The zero-order valence-corrected chi connectivity index (χ0v) is 8.59. The van der Waals surface area contributed by atoms with Gasteiger partial charge in [0.15, 0.2) is 0 Å². The van der Waals surface area contributed by atoms with Gasteiger partial charge in [0.25, 0.3) is 0 Å². The average Bonchev–Trinajstić information content (AvgIpc) is 2.17. The molecule has 1 rings (SSSR count). The summed E-state index contributed by atoms with van der Waals surface area (Å²) in [5.74, 6) is 0.628. The van der Waals surface area contributed by atoms with E-state index in [0.717, 1.165) is 6.42 Å². The first-order chi connectivity index (χ1) is 6.26. The zero-order valence-electron chi connectivity index (χ0n) is 8.59. The molecule has 1 aromatic carbocycles. The van der Waals surface area contributed by atoms with E-state index in [0.29, 0.717) is 5.92 Å². The molecule has 0 nitrogen and oxygen atoms in total. The van der Waals surface area contributed by atoms with E-state index in [1.807, 2.05) is 0 Å². The van der Waals surface area contributed by atoms with E-state index in [-0.39, 0.29) is 0 Å². The number of aryl methyl sites for hydroxylation is 1. The van der Waals surface area contributed by atoms with Gasteiger partial charge in [-0.25, -0.2) is 0 Å². The molecule has 0 aliphatic rings. The van der Waals surface area contributed by atoms with Crippen LogP contribution in [-0.2, 0) is 6.42 Å². The highest BCUT2D eigenvalue weighted by Crippen LogP contribution is 2.13. The van der Waals surface area contributed by atoms with Crippen LogP contribution < -0.4 is 0 Å². The van der Waals surface area contributed by atoms with Gasteiger partial charge in [-0.3, -0.25) is 0 Å². The Hall–Kier alpha value is -1.04. The molecule has 1 aromatic rings. The Morgan fingerprint density at radius 1 is 1.31 bits per heavy atom. The van der Waals surface area contributed by atoms with Crippen LogP contribution in [0.1, 0.15) is 24.5 Å². The number of rotatable bonds is 4. The predicted octanol–water partition coefficient (Wildman–Crippen LogP) is 3.75. The monoisotopic (exact) mass is 174 g/mol. The molecule has 0 N–H and O–H groups in total. The van der Waals surface area contributed by atoms with Crippen molar-refractivity contribution in [2.45, 2.75) is 26.7 Å². The minimum Gasteiger partial charge on any atom is -0.103 e. The van der Waals surface area contributed by atoms with Crippen molar-refractivity contribution in [3.05, 3.63) is 48.0 Å². The number of hydrogen-bond donors (Lipinski definition) is 0. The fraction of sp³-hybridized carbons (Fsp3) is 0.385. The van der Waals surface area contributed by atoms with Crippen molar-refractivity contribution in [2.24, 2.45) is 5.92 Å². The van der Waals surface area contributed by atoms with Crippen LogP contribution >= 0.6 is 0 Å². The van der Waals surface area contributed by atoms with Crippen molar-refractivity contribution in [1.29, 1.82) is 0 Å². The van der Waals surface area contributed by atoms with Gasteiger partial charge in [-0.15, -0.1) is 6.58 Å². The van der Waals surface area contributed by atoms with E-state index >= 15 is 0 Å². The molecule has 0 amide bonds. The maximum atomic E-state index is 3.85. The van der Waals surface area contributed by atoms with Crippen LogP contribution in [0.15, 0.2) is 36.9 Å². The molecular formula is C13H18. The highest BCUT2D eigenvalue weighted by Gasteiger charge is 2.01. The van der Waals surface area contributed by atoms with E-state index in [4.69, 9.17) is 0 Å². The fourth-order valence-electron chi connectivity index (χ4n) is 1.42. The second-order valence-corrected chi connectivity index (χ2v) is 3.59. The minimum absolute atomic E-state index is 0.628. The third-order valence-electron chi connectivity index (χ3n) is 2.48. The van der Waals surface area contributed by atoms with E-state index in [1.54, 1.807) is 0 Å². The first-order valence-corrected chi connectivity index (χ1v) is 4.94. The highest BCUT2D eigenvalue weighted by molar-refractivity contribution is 5.22. The maximum Gasteiger partial charge on any atom is -0.0198 e. The van der Waals surface area contributed by atoms with E-state index in [1.165, 1.54) is 17.5 Å². The van der Waals surface area contributed by atoms with Gasteiger partial charge in [0.05, 0.1) is 0 Å². The Bertz CT molecular complexity index is 256. The smallest absolute Gasteiger partial charge is 0.0198 e. The topological polar surface area (TPSA) is 0 Å². The van der Waals surface area contributed by atoms with Crippen molar-refractivity contribution < 1.29 is 0 Å². The molecule has 0 heterocycles. The van der Waals surface area contributed by atoms with Gasteiger partial charge in [0.1, 0.15) is 0 Å². The molecular weight excluding hydrogens is 156 g/mol. The van der Waals surface area contributed by atoms with Gasteiger partial charge in [-0.1, -0.05) is 42.8 Å². The molecule has 0 saturated carbocycles. The average molecular weight is 174 g/mol. The van der Waals surface area contributed by atoms with Gasteiger partial charge >= 0.3 is 0 Å². The molecule has 0 aromatic heterocycles. The largest absolute Gasteiger partial charge is 0.103 e.